The summed E-state index contributed by atoms with van der Waals surface area (Å²) in [6.45, 7) is 5.58. The van der Waals surface area contributed by atoms with Crippen molar-refractivity contribution < 1.29 is 9.53 Å². The average Bonchev–Trinajstić information content (AvgIpc) is 3.29. The number of pyridine rings is 1. The second-order valence-electron chi connectivity index (χ2n) is 6.70. The van der Waals surface area contributed by atoms with Gasteiger partial charge in [-0.1, -0.05) is 11.6 Å². The predicted molar refractivity (Wildman–Crippen MR) is 88.2 cm³/mol. The number of ether oxygens (including phenoxy) is 1. The number of rotatable bonds is 5. The lowest BCUT2D eigenvalue weighted by Gasteiger charge is -2.19. The van der Waals surface area contributed by atoms with Gasteiger partial charge in [0.15, 0.2) is 0 Å². The molecule has 1 aliphatic rings. The van der Waals surface area contributed by atoms with E-state index in [-0.39, 0.29) is 35.7 Å². The lowest BCUT2D eigenvalue weighted by Crippen LogP contribution is -2.31. The molecule has 0 bridgehead atoms. The zero-order chi connectivity index (χ0) is 17.9. The standard InChI is InChI=1S/C17H19ClN4O2/c1-17(2,3)24-14(23)9-21-8-13-11(6-19)15(10-4-5-10)12(7-20)16(18)22-13/h10,21H,4-5,8-9H2,1-3H3. The Labute approximate surface area is 146 Å². The van der Waals surface area contributed by atoms with Crippen molar-refractivity contribution >= 4 is 17.6 Å². The molecule has 0 radical (unpaired) electrons. The van der Waals surface area contributed by atoms with Gasteiger partial charge in [-0.15, -0.1) is 0 Å². The van der Waals surface area contributed by atoms with Crippen molar-refractivity contribution in [3.63, 3.8) is 0 Å². The van der Waals surface area contributed by atoms with Crippen LogP contribution in [0.2, 0.25) is 5.15 Å². The van der Waals surface area contributed by atoms with Gasteiger partial charge in [0.2, 0.25) is 0 Å². The summed E-state index contributed by atoms with van der Waals surface area (Å²) < 4.78 is 5.21. The van der Waals surface area contributed by atoms with E-state index in [2.05, 4.69) is 16.4 Å². The molecule has 0 aliphatic heterocycles. The first kappa shape index (κ1) is 18.2. The van der Waals surface area contributed by atoms with Crippen LogP contribution in [0, 0.1) is 22.7 Å². The molecule has 2 rings (SSSR count). The molecule has 6 nitrogen and oxygen atoms in total. The molecule has 0 saturated heterocycles. The molecule has 7 heteroatoms. The lowest BCUT2D eigenvalue weighted by atomic mass is 9.98. The fraction of sp³-hybridized carbons (Fsp3) is 0.529. The van der Waals surface area contributed by atoms with Gasteiger partial charge in [0, 0.05) is 6.54 Å². The first-order valence-electron chi connectivity index (χ1n) is 7.72. The Balaban J connectivity index is 2.15. The summed E-state index contributed by atoms with van der Waals surface area (Å²) in [6.07, 6.45) is 1.88. The molecule has 1 fully saturated rings. The SMILES string of the molecule is CC(C)(C)OC(=O)CNCc1nc(Cl)c(C#N)c(C2CC2)c1C#N. The number of hydrogen-bond donors (Lipinski definition) is 1. The molecule has 0 amide bonds. The molecule has 24 heavy (non-hydrogen) atoms. The van der Waals surface area contributed by atoms with E-state index < -0.39 is 5.60 Å². The largest absolute Gasteiger partial charge is 0.459 e. The summed E-state index contributed by atoms with van der Waals surface area (Å²) in [6, 6.07) is 4.18. The normalized spacial score (nSPS) is 13.9. The Hall–Kier alpha value is -2.15. The number of carbonyl (C=O) groups excluding carboxylic acids is 1. The van der Waals surface area contributed by atoms with Crippen molar-refractivity contribution in [2.24, 2.45) is 0 Å². The summed E-state index contributed by atoms with van der Waals surface area (Å²) in [5.41, 5.74) is 1.26. The smallest absolute Gasteiger partial charge is 0.320 e. The van der Waals surface area contributed by atoms with Crippen LogP contribution in [0.3, 0.4) is 0 Å². The van der Waals surface area contributed by atoms with Crippen LogP contribution in [0.4, 0.5) is 0 Å². The molecule has 0 unspecified atom stereocenters. The van der Waals surface area contributed by atoms with Crippen LogP contribution in [-0.4, -0.2) is 23.1 Å². The van der Waals surface area contributed by atoms with Crippen molar-refractivity contribution in [2.45, 2.75) is 51.7 Å². The number of esters is 1. The van der Waals surface area contributed by atoms with Crippen LogP contribution < -0.4 is 5.32 Å². The monoisotopic (exact) mass is 346 g/mol. The number of carbonyl (C=O) groups is 1. The third kappa shape index (κ3) is 4.44. The minimum atomic E-state index is -0.550. The van der Waals surface area contributed by atoms with Gasteiger partial charge in [0.25, 0.3) is 0 Å². The zero-order valence-electron chi connectivity index (χ0n) is 13.9. The van der Waals surface area contributed by atoms with Crippen LogP contribution >= 0.6 is 11.6 Å². The second kappa shape index (κ2) is 7.17. The van der Waals surface area contributed by atoms with Crippen LogP contribution in [-0.2, 0) is 16.1 Å². The Morgan fingerprint density at radius 2 is 1.96 bits per heavy atom. The molecule has 1 aromatic heterocycles. The number of halogens is 1. The van der Waals surface area contributed by atoms with E-state index in [1.165, 1.54) is 0 Å². The molecule has 126 valence electrons. The maximum atomic E-state index is 11.7. The summed E-state index contributed by atoms with van der Waals surface area (Å²) in [5.74, 6) is -0.192. The van der Waals surface area contributed by atoms with E-state index in [0.717, 1.165) is 12.8 Å². The predicted octanol–water partition coefficient (Wildman–Crippen LogP) is 2.79. The highest BCUT2D eigenvalue weighted by Gasteiger charge is 2.32. The van der Waals surface area contributed by atoms with E-state index in [0.29, 0.717) is 16.8 Å². The molecular formula is C17H19ClN4O2. The summed E-state index contributed by atoms with van der Waals surface area (Å²) >= 11 is 6.10. The fourth-order valence-corrected chi connectivity index (χ4v) is 2.67. The molecule has 0 spiro atoms. The first-order valence-corrected chi connectivity index (χ1v) is 8.09. The van der Waals surface area contributed by atoms with Crippen LogP contribution in [0.25, 0.3) is 0 Å². The van der Waals surface area contributed by atoms with Crippen molar-refractivity contribution in [2.75, 3.05) is 6.54 Å². The molecule has 0 aromatic carbocycles. The summed E-state index contributed by atoms with van der Waals surface area (Å²) in [5, 5.41) is 21.8. The second-order valence-corrected chi connectivity index (χ2v) is 7.06. The van der Waals surface area contributed by atoms with Gasteiger partial charge < -0.3 is 10.1 Å². The van der Waals surface area contributed by atoms with E-state index >= 15 is 0 Å². The zero-order valence-corrected chi connectivity index (χ0v) is 14.7. The highest BCUT2D eigenvalue weighted by molar-refractivity contribution is 6.30. The molecule has 0 atom stereocenters. The van der Waals surface area contributed by atoms with Gasteiger partial charge >= 0.3 is 5.97 Å². The van der Waals surface area contributed by atoms with Crippen LogP contribution in [0.5, 0.6) is 0 Å². The maximum Gasteiger partial charge on any atom is 0.320 e. The third-order valence-corrected chi connectivity index (χ3v) is 3.73. The van der Waals surface area contributed by atoms with E-state index in [1.54, 1.807) is 20.8 Å². The molecule has 1 aliphatic carbocycles. The molecule has 1 N–H and O–H groups in total. The van der Waals surface area contributed by atoms with E-state index in [9.17, 15) is 15.3 Å². The molecule has 1 saturated carbocycles. The third-order valence-electron chi connectivity index (χ3n) is 3.46. The topological polar surface area (TPSA) is 98.8 Å². The van der Waals surface area contributed by atoms with E-state index in [4.69, 9.17) is 16.3 Å². The van der Waals surface area contributed by atoms with Gasteiger partial charge in [-0.25, -0.2) is 4.98 Å². The molecule has 1 aromatic rings. The maximum absolute atomic E-state index is 11.7. The van der Waals surface area contributed by atoms with Gasteiger partial charge in [-0.3, -0.25) is 4.79 Å². The van der Waals surface area contributed by atoms with E-state index in [1.807, 2.05) is 6.07 Å². The average molecular weight is 347 g/mol. The number of aromatic nitrogens is 1. The van der Waals surface area contributed by atoms with Gasteiger partial charge in [0.1, 0.15) is 22.9 Å². The first-order chi connectivity index (χ1) is 11.3. The van der Waals surface area contributed by atoms with Gasteiger partial charge in [-0.05, 0) is 45.1 Å². The van der Waals surface area contributed by atoms with Crippen molar-refractivity contribution in [1.29, 1.82) is 10.5 Å². The van der Waals surface area contributed by atoms with Crippen LogP contribution in [0.15, 0.2) is 0 Å². The molecule has 1 heterocycles. The fourth-order valence-electron chi connectivity index (χ4n) is 2.42. The number of nitrogens with zero attached hydrogens (tertiary/aromatic N) is 3. The Morgan fingerprint density at radius 3 is 2.46 bits per heavy atom. The Morgan fingerprint density at radius 1 is 1.33 bits per heavy atom. The molecular weight excluding hydrogens is 328 g/mol. The van der Waals surface area contributed by atoms with Gasteiger partial charge in [-0.2, -0.15) is 10.5 Å². The minimum absolute atomic E-state index is 0.000199. The summed E-state index contributed by atoms with van der Waals surface area (Å²) in [4.78, 5) is 15.9. The summed E-state index contributed by atoms with van der Waals surface area (Å²) in [7, 11) is 0. The minimum Gasteiger partial charge on any atom is -0.459 e. The van der Waals surface area contributed by atoms with Crippen LogP contribution in [0.1, 0.15) is 61.9 Å². The highest BCUT2D eigenvalue weighted by atomic mass is 35.5. The van der Waals surface area contributed by atoms with Crippen molar-refractivity contribution in [3.8, 4) is 12.1 Å². The number of hydrogen-bond acceptors (Lipinski definition) is 6. The lowest BCUT2D eigenvalue weighted by molar-refractivity contribution is -0.153. The van der Waals surface area contributed by atoms with Crippen molar-refractivity contribution in [1.82, 2.24) is 10.3 Å². The number of nitrogens with one attached hydrogen (secondary N) is 1. The Kier molecular flexibility index (Phi) is 5.43. The Bertz CT molecular complexity index is 737. The quantitative estimate of drug-likeness (QED) is 0.650. The highest BCUT2D eigenvalue weighted by Crippen LogP contribution is 2.44. The van der Waals surface area contributed by atoms with Gasteiger partial charge in [0.05, 0.1) is 23.4 Å². The number of nitriles is 2. The van der Waals surface area contributed by atoms with Crippen molar-refractivity contribution in [3.05, 3.63) is 27.5 Å².